The zero-order chi connectivity index (χ0) is 17.2. The van der Waals surface area contributed by atoms with Gasteiger partial charge in [0.05, 0.1) is 5.69 Å². The number of fused-ring (bicyclic) bond motifs is 2. The minimum Gasteiger partial charge on any atom is -0.384 e. The van der Waals surface area contributed by atoms with E-state index >= 15 is 0 Å². The van der Waals surface area contributed by atoms with Crippen LogP contribution in [-0.2, 0) is 14.8 Å². The molecule has 1 heterocycles. The molecule has 0 radical (unpaired) electrons. The molecule has 1 aliphatic heterocycles. The summed E-state index contributed by atoms with van der Waals surface area (Å²) in [6.45, 7) is 0.688. The van der Waals surface area contributed by atoms with Gasteiger partial charge in [-0.1, -0.05) is 30.7 Å². The molecule has 6 nitrogen and oxygen atoms in total. The Kier molecular flexibility index (Phi) is 6.13. The number of hydrogen-bond donors (Lipinski definition) is 3. The number of benzene rings is 1. The molecule has 25 heavy (non-hydrogen) atoms. The van der Waals surface area contributed by atoms with Gasteiger partial charge in [0.1, 0.15) is 10.4 Å². The number of allylic oxidation sites excluding steroid dienone is 1. The third-order valence-corrected chi connectivity index (χ3v) is 6.01. The third-order valence-electron chi connectivity index (χ3n) is 4.62. The molecular formula is C17H24ClN3O3S. The summed E-state index contributed by atoms with van der Waals surface area (Å²) >= 11 is 0. The van der Waals surface area contributed by atoms with Gasteiger partial charge in [-0.25, -0.2) is 13.1 Å². The Hall–Kier alpha value is -1.57. The molecule has 1 aromatic carbocycles. The molecule has 0 unspecified atom stereocenters. The first-order valence-electron chi connectivity index (χ1n) is 8.29. The molecule has 1 aromatic rings. The number of sulfonamides is 1. The quantitative estimate of drug-likeness (QED) is 0.594. The van der Waals surface area contributed by atoms with Crippen LogP contribution in [0.4, 0.5) is 5.69 Å². The molecule has 0 saturated heterocycles. The van der Waals surface area contributed by atoms with Gasteiger partial charge in [0.25, 0.3) is 15.9 Å². The van der Waals surface area contributed by atoms with E-state index in [4.69, 9.17) is 5.73 Å². The number of nitrogens with two attached hydrogens (primary N) is 1. The normalized spacial score (nSPS) is 30.0. The van der Waals surface area contributed by atoms with E-state index < -0.39 is 21.5 Å². The van der Waals surface area contributed by atoms with Crippen LogP contribution in [0.3, 0.4) is 0 Å². The van der Waals surface area contributed by atoms with Gasteiger partial charge in [0.2, 0.25) is 0 Å². The summed E-state index contributed by atoms with van der Waals surface area (Å²) in [4.78, 5) is 12.4. The fourth-order valence-corrected chi connectivity index (χ4v) is 4.20. The van der Waals surface area contributed by atoms with Crippen LogP contribution in [0.5, 0.6) is 0 Å². The second kappa shape index (κ2) is 7.76. The van der Waals surface area contributed by atoms with Gasteiger partial charge < -0.3 is 11.1 Å². The van der Waals surface area contributed by atoms with Gasteiger partial charge in [0.15, 0.2) is 0 Å². The van der Waals surface area contributed by atoms with E-state index in [-0.39, 0.29) is 23.2 Å². The molecule has 0 bridgehead atoms. The zero-order valence-corrected chi connectivity index (χ0v) is 15.5. The molecule has 1 saturated carbocycles. The minimum atomic E-state index is -3.96. The molecular weight excluding hydrogens is 362 g/mol. The number of para-hydroxylation sites is 1. The van der Waals surface area contributed by atoms with Crippen LogP contribution in [0.2, 0.25) is 0 Å². The third kappa shape index (κ3) is 4.34. The second-order valence-electron chi connectivity index (χ2n) is 6.49. The highest BCUT2D eigenvalue weighted by Crippen LogP contribution is 2.42. The van der Waals surface area contributed by atoms with Crippen molar-refractivity contribution in [1.29, 1.82) is 0 Å². The molecule has 4 N–H and O–H groups in total. The Morgan fingerprint density at radius 1 is 1.16 bits per heavy atom. The largest absolute Gasteiger partial charge is 0.384 e. The number of halogens is 1. The number of rotatable bonds is 0. The van der Waals surface area contributed by atoms with Crippen LogP contribution in [-0.4, -0.2) is 26.4 Å². The van der Waals surface area contributed by atoms with Crippen LogP contribution in [0, 0.1) is 5.92 Å². The van der Waals surface area contributed by atoms with E-state index in [0.29, 0.717) is 18.7 Å². The van der Waals surface area contributed by atoms with Gasteiger partial charge in [0, 0.05) is 12.5 Å². The van der Waals surface area contributed by atoms with Crippen molar-refractivity contribution in [2.45, 2.75) is 42.5 Å². The Balaban J connectivity index is 0.00000225. The average molecular weight is 386 g/mol. The van der Waals surface area contributed by atoms with Crippen molar-refractivity contribution in [3.63, 3.8) is 0 Å². The molecule has 1 amide bonds. The summed E-state index contributed by atoms with van der Waals surface area (Å²) in [6.07, 6.45) is 8.49. The highest BCUT2D eigenvalue weighted by Gasteiger charge is 2.56. The van der Waals surface area contributed by atoms with Gasteiger partial charge in [-0.3, -0.25) is 4.79 Å². The molecule has 2 atom stereocenters. The summed E-state index contributed by atoms with van der Waals surface area (Å²) < 4.78 is 27.4. The van der Waals surface area contributed by atoms with Crippen LogP contribution in [0.25, 0.3) is 0 Å². The summed E-state index contributed by atoms with van der Waals surface area (Å²) in [5, 5.41) is 3.15. The van der Waals surface area contributed by atoms with E-state index in [1.807, 2.05) is 12.2 Å². The summed E-state index contributed by atoms with van der Waals surface area (Å²) in [5.74, 6) is -0.729. The Morgan fingerprint density at radius 3 is 2.72 bits per heavy atom. The maximum absolute atomic E-state index is 12.6. The van der Waals surface area contributed by atoms with E-state index in [1.165, 1.54) is 6.07 Å². The topological polar surface area (TPSA) is 101 Å². The molecule has 0 spiro atoms. The highest BCUT2D eigenvalue weighted by molar-refractivity contribution is 7.90. The van der Waals surface area contributed by atoms with Crippen molar-refractivity contribution >= 4 is 34.0 Å². The Labute approximate surface area is 154 Å². The first kappa shape index (κ1) is 19.8. The predicted molar refractivity (Wildman–Crippen MR) is 100 cm³/mol. The Bertz CT molecular complexity index is 766. The molecule has 1 fully saturated rings. The van der Waals surface area contributed by atoms with Gasteiger partial charge in [-0.2, -0.15) is 0 Å². The molecule has 0 aromatic heterocycles. The SMILES string of the molecule is Cl.N[C@]12C[C@H]1/C=C\CCCCCNc1ccccc1S(=O)(=O)NC2=O. The van der Waals surface area contributed by atoms with Crippen LogP contribution < -0.4 is 15.8 Å². The lowest BCUT2D eigenvalue weighted by Crippen LogP contribution is -2.46. The lowest BCUT2D eigenvalue weighted by Gasteiger charge is -2.15. The van der Waals surface area contributed by atoms with E-state index in [2.05, 4.69) is 10.0 Å². The first-order chi connectivity index (χ1) is 11.4. The van der Waals surface area contributed by atoms with E-state index in [9.17, 15) is 13.2 Å². The number of amides is 1. The molecule has 1 aliphatic carbocycles. The minimum absolute atomic E-state index is 0. The van der Waals surface area contributed by atoms with Gasteiger partial charge in [-0.15, -0.1) is 12.4 Å². The van der Waals surface area contributed by atoms with Gasteiger partial charge >= 0.3 is 0 Å². The maximum atomic E-state index is 12.6. The van der Waals surface area contributed by atoms with Crippen molar-refractivity contribution in [3.05, 3.63) is 36.4 Å². The summed E-state index contributed by atoms with van der Waals surface area (Å²) in [5.41, 5.74) is 5.46. The number of nitrogens with one attached hydrogen (secondary N) is 2. The van der Waals surface area contributed by atoms with E-state index in [1.54, 1.807) is 18.2 Å². The lowest BCUT2D eigenvalue weighted by atomic mass is 10.1. The number of anilines is 1. The smallest absolute Gasteiger partial charge is 0.266 e. The van der Waals surface area contributed by atoms with Crippen molar-refractivity contribution in [3.8, 4) is 0 Å². The maximum Gasteiger partial charge on any atom is 0.266 e. The number of carbonyl (C=O) groups excluding carboxylic acids is 1. The van der Waals surface area contributed by atoms with E-state index in [0.717, 1.165) is 25.7 Å². The predicted octanol–water partition coefficient (Wildman–Crippen LogP) is 2.17. The molecule has 8 heteroatoms. The lowest BCUT2D eigenvalue weighted by molar-refractivity contribution is -0.121. The fourth-order valence-electron chi connectivity index (χ4n) is 2.97. The highest BCUT2D eigenvalue weighted by atomic mass is 35.5. The van der Waals surface area contributed by atoms with Crippen molar-refractivity contribution in [2.75, 3.05) is 11.9 Å². The van der Waals surface area contributed by atoms with Crippen molar-refractivity contribution < 1.29 is 13.2 Å². The monoisotopic (exact) mass is 385 g/mol. The second-order valence-corrected chi connectivity index (χ2v) is 8.14. The number of carbonyl (C=O) groups is 1. The fraction of sp³-hybridized carbons (Fsp3) is 0.471. The van der Waals surface area contributed by atoms with Crippen LogP contribution >= 0.6 is 12.4 Å². The molecule has 2 aliphatic rings. The van der Waals surface area contributed by atoms with Crippen molar-refractivity contribution in [2.24, 2.45) is 11.7 Å². The van der Waals surface area contributed by atoms with Gasteiger partial charge in [-0.05, 0) is 37.8 Å². The zero-order valence-electron chi connectivity index (χ0n) is 13.9. The first-order valence-corrected chi connectivity index (χ1v) is 9.77. The summed E-state index contributed by atoms with van der Waals surface area (Å²) in [6, 6.07) is 6.60. The molecule has 138 valence electrons. The van der Waals surface area contributed by atoms with Crippen LogP contribution in [0.1, 0.15) is 32.1 Å². The number of hydrogen-bond acceptors (Lipinski definition) is 5. The van der Waals surface area contributed by atoms with Crippen LogP contribution in [0.15, 0.2) is 41.3 Å². The standard InChI is InChI=1S/C17H23N3O3S.ClH/c18-17-12-13(17)8-4-2-1-3-7-11-19-14-9-5-6-10-15(14)24(22,23)20-16(17)21;/h4-6,8-10,13,19H,1-3,7,11-12,18H2,(H,20,21);1H/b8-4-;/t13-,17-;/m1./s1. The Morgan fingerprint density at radius 2 is 1.92 bits per heavy atom. The molecule has 3 rings (SSSR count). The average Bonchev–Trinajstić information content (AvgIpc) is 3.21. The summed E-state index contributed by atoms with van der Waals surface area (Å²) in [7, 11) is -3.96. The van der Waals surface area contributed by atoms with Crippen molar-refractivity contribution in [1.82, 2.24) is 4.72 Å².